The number of furan rings is 1. The Labute approximate surface area is 155 Å². The smallest absolute Gasteiger partial charge is 0.245 e. The van der Waals surface area contributed by atoms with Crippen LogP contribution >= 0.6 is 23.2 Å². The Hall–Kier alpha value is -1.86. The minimum absolute atomic E-state index is 0.0514. The molecule has 0 bridgehead atoms. The summed E-state index contributed by atoms with van der Waals surface area (Å²) in [6, 6.07) is 13.4. The average Bonchev–Trinajstić information content (AvgIpc) is 3.10. The van der Waals surface area contributed by atoms with Crippen LogP contribution in [0.5, 0.6) is 0 Å². The standard InChI is InChI=1S/C17H14Cl2N2O3S/c18-16-6-2-1-4-13(16)11-21(12-14-5-3-9-24-14)25(22,23)15-7-8-17(19)20-10-15/h1-10H,11-12H2. The minimum Gasteiger partial charge on any atom is -0.468 e. The Morgan fingerprint density at radius 2 is 1.80 bits per heavy atom. The van der Waals surface area contributed by atoms with Gasteiger partial charge in [-0.25, -0.2) is 13.4 Å². The first kappa shape index (κ1) is 17.9. The average molecular weight is 397 g/mol. The summed E-state index contributed by atoms with van der Waals surface area (Å²) in [5, 5.41) is 0.721. The monoisotopic (exact) mass is 396 g/mol. The van der Waals surface area contributed by atoms with Gasteiger partial charge >= 0.3 is 0 Å². The van der Waals surface area contributed by atoms with Crippen molar-refractivity contribution in [3.63, 3.8) is 0 Å². The molecule has 0 amide bonds. The van der Waals surface area contributed by atoms with Crippen LogP contribution in [0.15, 0.2) is 70.3 Å². The van der Waals surface area contributed by atoms with Gasteiger partial charge in [-0.05, 0) is 35.9 Å². The number of aromatic nitrogens is 1. The highest BCUT2D eigenvalue weighted by Crippen LogP contribution is 2.24. The minimum atomic E-state index is -3.82. The Balaban J connectivity index is 1.97. The van der Waals surface area contributed by atoms with Crippen molar-refractivity contribution in [2.45, 2.75) is 18.0 Å². The lowest BCUT2D eigenvalue weighted by atomic mass is 10.2. The maximum absolute atomic E-state index is 13.0. The van der Waals surface area contributed by atoms with Crippen LogP contribution in [-0.4, -0.2) is 17.7 Å². The highest BCUT2D eigenvalue weighted by Gasteiger charge is 2.26. The van der Waals surface area contributed by atoms with E-state index >= 15 is 0 Å². The van der Waals surface area contributed by atoms with Gasteiger partial charge in [0, 0.05) is 17.8 Å². The van der Waals surface area contributed by atoms with Gasteiger partial charge in [0.2, 0.25) is 10.0 Å². The first-order valence-electron chi connectivity index (χ1n) is 7.34. The lowest BCUT2D eigenvalue weighted by Crippen LogP contribution is -2.30. The second-order valence-electron chi connectivity index (χ2n) is 5.26. The summed E-state index contributed by atoms with van der Waals surface area (Å²) < 4.78 is 32.7. The van der Waals surface area contributed by atoms with E-state index in [4.69, 9.17) is 27.6 Å². The molecule has 0 radical (unpaired) electrons. The number of pyridine rings is 1. The zero-order valence-corrected chi connectivity index (χ0v) is 15.3. The molecular formula is C17H14Cl2N2O3S. The van der Waals surface area contributed by atoms with Gasteiger partial charge in [-0.1, -0.05) is 41.4 Å². The van der Waals surface area contributed by atoms with Gasteiger partial charge in [0.15, 0.2) is 0 Å². The molecule has 0 aliphatic carbocycles. The first-order chi connectivity index (χ1) is 12.0. The molecule has 0 atom stereocenters. The summed E-state index contributed by atoms with van der Waals surface area (Å²) in [7, 11) is -3.82. The molecule has 3 aromatic rings. The number of rotatable bonds is 6. The maximum atomic E-state index is 13.0. The van der Waals surface area contributed by atoms with Crippen LogP contribution < -0.4 is 0 Å². The molecular weight excluding hydrogens is 383 g/mol. The van der Waals surface area contributed by atoms with Crippen molar-refractivity contribution in [2.75, 3.05) is 0 Å². The third-order valence-electron chi connectivity index (χ3n) is 3.55. The molecule has 0 unspecified atom stereocenters. The molecule has 0 saturated carbocycles. The largest absolute Gasteiger partial charge is 0.468 e. The second-order valence-corrected chi connectivity index (χ2v) is 7.99. The topological polar surface area (TPSA) is 63.4 Å². The molecule has 0 aliphatic heterocycles. The second kappa shape index (κ2) is 7.58. The molecule has 25 heavy (non-hydrogen) atoms. The fourth-order valence-electron chi connectivity index (χ4n) is 2.28. The van der Waals surface area contributed by atoms with E-state index in [0.717, 1.165) is 0 Å². The van der Waals surface area contributed by atoms with Gasteiger partial charge in [-0.15, -0.1) is 0 Å². The fourth-order valence-corrected chi connectivity index (χ4v) is 3.92. The SMILES string of the molecule is O=S(=O)(c1ccc(Cl)nc1)N(Cc1ccco1)Cc1ccccc1Cl. The van der Waals surface area contributed by atoms with Gasteiger partial charge in [0.1, 0.15) is 15.8 Å². The molecule has 0 aliphatic rings. The predicted molar refractivity (Wildman–Crippen MR) is 95.8 cm³/mol. The van der Waals surface area contributed by atoms with Gasteiger partial charge in [-0.2, -0.15) is 4.31 Å². The molecule has 8 heteroatoms. The zero-order chi connectivity index (χ0) is 17.9. The van der Waals surface area contributed by atoms with Gasteiger partial charge in [0.25, 0.3) is 0 Å². The molecule has 130 valence electrons. The molecule has 0 fully saturated rings. The number of hydrogen-bond acceptors (Lipinski definition) is 4. The first-order valence-corrected chi connectivity index (χ1v) is 9.54. The number of halogens is 2. The van der Waals surface area contributed by atoms with Gasteiger partial charge < -0.3 is 4.42 Å². The van der Waals surface area contributed by atoms with Gasteiger partial charge in [-0.3, -0.25) is 0 Å². The van der Waals surface area contributed by atoms with E-state index in [1.807, 2.05) is 6.07 Å². The molecule has 1 aromatic carbocycles. The van der Waals surface area contributed by atoms with Crippen LogP contribution in [0.25, 0.3) is 0 Å². The number of benzene rings is 1. The lowest BCUT2D eigenvalue weighted by Gasteiger charge is -2.21. The van der Waals surface area contributed by atoms with E-state index in [9.17, 15) is 8.42 Å². The Morgan fingerprint density at radius 3 is 2.44 bits per heavy atom. The Bertz CT molecular complexity index is 942. The van der Waals surface area contributed by atoms with Crippen LogP contribution in [0.3, 0.4) is 0 Å². The van der Waals surface area contributed by atoms with Crippen molar-refractivity contribution in [2.24, 2.45) is 0 Å². The normalized spacial score (nSPS) is 11.8. The molecule has 0 saturated heterocycles. The third-order valence-corrected chi connectivity index (χ3v) is 5.92. The van der Waals surface area contributed by atoms with Crippen molar-refractivity contribution < 1.29 is 12.8 Å². The Morgan fingerprint density at radius 1 is 1.00 bits per heavy atom. The van der Waals surface area contributed by atoms with Crippen LogP contribution in [0.4, 0.5) is 0 Å². The summed E-state index contributed by atoms with van der Waals surface area (Å²) in [5.74, 6) is 0.526. The van der Waals surface area contributed by atoms with Crippen LogP contribution in [0.1, 0.15) is 11.3 Å². The van der Waals surface area contributed by atoms with Crippen LogP contribution in [-0.2, 0) is 23.1 Å². The van der Waals surface area contributed by atoms with E-state index in [2.05, 4.69) is 4.98 Å². The highest BCUT2D eigenvalue weighted by molar-refractivity contribution is 7.89. The summed E-state index contributed by atoms with van der Waals surface area (Å²) in [4.78, 5) is 3.91. The van der Waals surface area contributed by atoms with Crippen LogP contribution in [0.2, 0.25) is 10.2 Å². The summed E-state index contributed by atoms with van der Waals surface area (Å²) in [6.07, 6.45) is 2.73. The molecule has 3 rings (SSSR count). The molecule has 2 heterocycles. The van der Waals surface area contributed by atoms with E-state index in [0.29, 0.717) is 16.3 Å². The molecule has 0 spiro atoms. The number of nitrogens with zero attached hydrogens (tertiary/aromatic N) is 2. The molecule has 0 N–H and O–H groups in total. The van der Waals surface area contributed by atoms with Crippen LogP contribution in [0, 0.1) is 0 Å². The Kier molecular flexibility index (Phi) is 5.44. The van der Waals surface area contributed by atoms with Gasteiger partial charge in [0.05, 0.1) is 12.8 Å². The third kappa shape index (κ3) is 4.22. The van der Waals surface area contributed by atoms with E-state index < -0.39 is 10.0 Å². The van der Waals surface area contributed by atoms with Crippen molar-refractivity contribution >= 4 is 33.2 Å². The molecule has 2 aromatic heterocycles. The van der Waals surface area contributed by atoms with Crippen molar-refractivity contribution in [1.82, 2.24) is 9.29 Å². The number of hydrogen-bond donors (Lipinski definition) is 0. The fraction of sp³-hybridized carbons (Fsp3) is 0.118. The summed E-state index contributed by atoms with van der Waals surface area (Å²) in [5.41, 5.74) is 0.696. The van der Waals surface area contributed by atoms with E-state index in [1.165, 1.54) is 28.9 Å². The highest BCUT2D eigenvalue weighted by atomic mass is 35.5. The van der Waals surface area contributed by atoms with E-state index in [1.54, 1.807) is 30.3 Å². The predicted octanol–water partition coefficient (Wildman–Crippen LogP) is 4.37. The van der Waals surface area contributed by atoms with Crippen molar-refractivity contribution in [1.29, 1.82) is 0 Å². The molecule has 5 nitrogen and oxygen atoms in total. The quantitative estimate of drug-likeness (QED) is 0.580. The van der Waals surface area contributed by atoms with E-state index in [-0.39, 0.29) is 23.1 Å². The number of sulfonamides is 1. The maximum Gasteiger partial charge on any atom is 0.245 e. The zero-order valence-electron chi connectivity index (χ0n) is 13.0. The summed E-state index contributed by atoms with van der Waals surface area (Å²) >= 11 is 11.9. The van der Waals surface area contributed by atoms with Crippen molar-refractivity contribution in [3.05, 3.63) is 82.5 Å². The summed E-state index contributed by atoms with van der Waals surface area (Å²) in [6.45, 7) is 0.175. The van der Waals surface area contributed by atoms with Crippen molar-refractivity contribution in [3.8, 4) is 0 Å². The lowest BCUT2D eigenvalue weighted by molar-refractivity contribution is 0.358.